The van der Waals surface area contributed by atoms with E-state index in [1.54, 1.807) is 12.4 Å². The molecule has 0 fully saturated rings. The maximum Gasteiger partial charge on any atom is 0.193 e. The summed E-state index contributed by atoms with van der Waals surface area (Å²) in [6, 6.07) is 0. The van der Waals surface area contributed by atoms with Crippen molar-refractivity contribution in [3.8, 4) is 0 Å². The van der Waals surface area contributed by atoms with E-state index in [1.165, 1.54) is 11.8 Å². The van der Waals surface area contributed by atoms with Crippen LogP contribution in [0.1, 0.15) is 23.9 Å². The number of anilines is 1. The summed E-state index contributed by atoms with van der Waals surface area (Å²) in [5, 5.41) is 1.49. The second-order valence-electron chi connectivity index (χ2n) is 3.95. The number of nitrogens with zero attached hydrogens (tertiary/aromatic N) is 4. The normalized spacial score (nSPS) is 10.6. The number of aromatic nitrogens is 4. The zero-order valence-corrected chi connectivity index (χ0v) is 11.5. The van der Waals surface area contributed by atoms with Crippen molar-refractivity contribution in [2.75, 3.05) is 5.73 Å². The van der Waals surface area contributed by atoms with Gasteiger partial charge in [0, 0.05) is 24.4 Å². The highest BCUT2D eigenvalue weighted by Gasteiger charge is 2.10. The van der Waals surface area contributed by atoms with E-state index >= 15 is 0 Å². The van der Waals surface area contributed by atoms with Crippen molar-refractivity contribution in [1.82, 2.24) is 19.9 Å². The lowest BCUT2D eigenvalue weighted by Gasteiger charge is -2.07. The van der Waals surface area contributed by atoms with Crippen molar-refractivity contribution < 1.29 is 0 Å². The molecule has 2 heterocycles. The molecule has 6 heteroatoms. The molecule has 18 heavy (non-hydrogen) atoms. The maximum atomic E-state index is 5.87. The highest BCUT2D eigenvalue weighted by atomic mass is 32.2. The number of nitrogen functional groups attached to an aromatic ring is 1. The molecule has 2 rings (SSSR count). The Balaban J connectivity index is 2.33. The van der Waals surface area contributed by atoms with Crippen LogP contribution in [0.15, 0.2) is 22.6 Å². The quantitative estimate of drug-likeness (QED) is 0.674. The van der Waals surface area contributed by atoms with Crippen LogP contribution in [0, 0.1) is 13.8 Å². The summed E-state index contributed by atoms with van der Waals surface area (Å²) in [4.78, 5) is 17.2. The van der Waals surface area contributed by atoms with Crippen LogP contribution in [0.5, 0.6) is 0 Å². The van der Waals surface area contributed by atoms with Crippen LogP contribution in [-0.4, -0.2) is 19.9 Å². The van der Waals surface area contributed by atoms with Gasteiger partial charge in [-0.15, -0.1) is 0 Å². The molecule has 2 N–H and O–H groups in total. The highest BCUT2D eigenvalue weighted by molar-refractivity contribution is 7.99. The van der Waals surface area contributed by atoms with E-state index in [0.29, 0.717) is 11.0 Å². The third-order valence-corrected chi connectivity index (χ3v) is 3.43. The molecule has 0 aliphatic heterocycles. The zero-order valence-electron chi connectivity index (χ0n) is 10.6. The molecule has 0 spiro atoms. The first-order valence-electron chi connectivity index (χ1n) is 5.69. The molecular formula is C12H15N5S. The van der Waals surface area contributed by atoms with E-state index in [1.807, 2.05) is 20.8 Å². The highest BCUT2D eigenvalue weighted by Crippen LogP contribution is 2.27. The maximum absolute atomic E-state index is 5.87. The second kappa shape index (κ2) is 5.30. The van der Waals surface area contributed by atoms with Crippen LogP contribution >= 0.6 is 11.8 Å². The first kappa shape index (κ1) is 12.8. The van der Waals surface area contributed by atoms with Crippen LogP contribution in [0.25, 0.3) is 0 Å². The van der Waals surface area contributed by atoms with Crippen molar-refractivity contribution in [2.24, 2.45) is 0 Å². The molecule has 0 atom stereocenters. The minimum atomic E-state index is 0.525. The van der Waals surface area contributed by atoms with Gasteiger partial charge in [-0.25, -0.2) is 19.9 Å². The van der Waals surface area contributed by atoms with E-state index < -0.39 is 0 Å². The Labute approximate surface area is 110 Å². The molecule has 0 bridgehead atoms. The fourth-order valence-electron chi connectivity index (χ4n) is 1.34. The Morgan fingerprint density at radius 3 is 2.44 bits per heavy atom. The van der Waals surface area contributed by atoms with Crippen LogP contribution in [0.3, 0.4) is 0 Å². The molecule has 0 aromatic carbocycles. The van der Waals surface area contributed by atoms with Crippen LogP contribution in [0.2, 0.25) is 0 Å². The Hall–Kier alpha value is -1.69. The topological polar surface area (TPSA) is 77.6 Å². The standard InChI is InChI=1S/C12H15N5S/c1-4-9-16-10(13)8(3)11(17-9)18-12-14-5-7(2)6-15-12/h5-6H,4H2,1-3H3,(H2,13,16,17). The van der Waals surface area contributed by atoms with Crippen molar-refractivity contribution in [3.05, 3.63) is 29.3 Å². The summed E-state index contributed by atoms with van der Waals surface area (Å²) in [6.07, 6.45) is 4.33. The summed E-state index contributed by atoms with van der Waals surface area (Å²) >= 11 is 1.41. The molecule has 94 valence electrons. The van der Waals surface area contributed by atoms with Gasteiger partial charge in [-0.1, -0.05) is 6.92 Å². The van der Waals surface area contributed by atoms with E-state index in [-0.39, 0.29) is 0 Å². The van der Waals surface area contributed by atoms with Gasteiger partial charge in [0.1, 0.15) is 16.7 Å². The average molecular weight is 261 g/mol. The summed E-state index contributed by atoms with van der Waals surface area (Å²) in [6.45, 7) is 5.86. The number of hydrogen-bond acceptors (Lipinski definition) is 6. The van der Waals surface area contributed by atoms with E-state index in [4.69, 9.17) is 5.73 Å². The van der Waals surface area contributed by atoms with Crippen LogP contribution in [0.4, 0.5) is 5.82 Å². The number of hydrogen-bond donors (Lipinski definition) is 1. The fourth-order valence-corrected chi connectivity index (χ4v) is 2.13. The van der Waals surface area contributed by atoms with E-state index in [0.717, 1.165) is 28.4 Å². The summed E-state index contributed by atoms with van der Waals surface area (Å²) in [7, 11) is 0. The van der Waals surface area contributed by atoms with Gasteiger partial charge < -0.3 is 5.73 Å². The predicted octanol–water partition coefficient (Wildman–Crippen LogP) is 2.18. The largest absolute Gasteiger partial charge is 0.383 e. The Kier molecular flexibility index (Phi) is 3.76. The first-order valence-corrected chi connectivity index (χ1v) is 6.51. The minimum absolute atomic E-state index is 0.525. The molecule has 0 aliphatic carbocycles. The summed E-state index contributed by atoms with van der Waals surface area (Å²) in [5.41, 5.74) is 7.78. The smallest absolute Gasteiger partial charge is 0.193 e. The third kappa shape index (κ3) is 2.76. The molecule has 2 aromatic rings. The molecule has 0 aliphatic rings. The molecule has 0 unspecified atom stereocenters. The van der Waals surface area contributed by atoms with E-state index in [2.05, 4.69) is 19.9 Å². The van der Waals surface area contributed by atoms with Crippen LogP contribution in [-0.2, 0) is 6.42 Å². The summed E-state index contributed by atoms with van der Waals surface area (Å²) in [5.74, 6) is 1.27. The number of nitrogens with two attached hydrogens (primary N) is 1. The Bertz CT molecular complexity index is 553. The van der Waals surface area contributed by atoms with Crippen LogP contribution < -0.4 is 5.73 Å². The molecule has 0 saturated carbocycles. The first-order chi connectivity index (χ1) is 8.60. The lowest BCUT2D eigenvalue weighted by atomic mass is 10.3. The average Bonchev–Trinajstić information content (AvgIpc) is 2.37. The van der Waals surface area contributed by atoms with Crippen molar-refractivity contribution in [3.63, 3.8) is 0 Å². The number of rotatable bonds is 3. The fraction of sp³-hybridized carbons (Fsp3) is 0.333. The van der Waals surface area contributed by atoms with E-state index in [9.17, 15) is 0 Å². The summed E-state index contributed by atoms with van der Waals surface area (Å²) < 4.78 is 0. The Morgan fingerprint density at radius 1 is 1.17 bits per heavy atom. The van der Waals surface area contributed by atoms with Gasteiger partial charge in [-0.05, 0) is 31.2 Å². The van der Waals surface area contributed by atoms with Gasteiger partial charge in [0.05, 0.1) is 0 Å². The second-order valence-corrected chi connectivity index (χ2v) is 4.91. The molecule has 2 aromatic heterocycles. The Morgan fingerprint density at radius 2 is 1.83 bits per heavy atom. The molecule has 0 saturated heterocycles. The lowest BCUT2D eigenvalue weighted by Crippen LogP contribution is -2.03. The monoisotopic (exact) mass is 261 g/mol. The minimum Gasteiger partial charge on any atom is -0.383 e. The predicted molar refractivity (Wildman–Crippen MR) is 71.5 cm³/mol. The van der Waals surface area contributed by atoms with Gasteiger partial charge in [0.15, 0.2) is 5.16 Å². The van der Waals surface area contributed by atoms with Gasteiger partial charge in [0.25, 0.3) is 0 Å². The molecule has 5 nitrogen and oxygen atoms in total. The van der Waals surface area contributed by atoms with Crippen molar-refractivity contribution in [1.29, 1.82) is 0 Å². The van der Waals surface area contributed by atoms with Gasteiger partial charge >= 0.3 is 0 Å². The van der Waals surface area contributed by atoms with Gasteiger partial charge in [-0.3, -0.25) is 0 Å². The van der Waals surface area contributed by atoms with Gasteiger partial charge in [0.2, 0.25) is 0 Å². The third-order valence-electron chi connectivity index (χ3n) is 2.45. The van der Waals surface area contributed by atoms with Crippen molar-refractivity contribution in [2.45, 2.75) is 37.4 Å². The zero-order chi connectivity index (χ0) is 13.1. The van der Waals surface area contributed by atoms with Crippen molar-refractivity contribution >= 4 is 17.6 Å². The number of aryl methyl sites for hydroxylation is 2. The lowest BCUT2D eigenvalue weighted by molar-refractivity contribution is 0.871. The molecular weight excluding hydrogens is 246 g/mol. The SMILES string of the molecule is CCc1nc(N)c(C)c(Sc2ncc(C)cn2)n1. The molecule has 0 amide bonds. The molecule has 0 radical (unpaired) electrons. The van der Waals surface area contributed by atoms with Gasteiger partial charge in [-0.2, -0.15) is 0 Å².